The molecule has 0 saturated carbocycles. The lowest BCUT2D eigenvalue weighted by molar-refractivity contribution is -0.153. The third-order valence-corrected chi connectivity index (χ3v) is 0.887. The highest BCUT2D eigenvalue weighted by Crippen LogP contribution is 1.97. The molecule has 0 saturated heterocycles. The van der Waals surface area contributed by atoms with E-state index in [1.807, 2.05) is 0 Å². The Bertz CT molecular complexity index is 77.7. The average Bonchev–Trinajstić information content (AvgIpc) is 1.89. The van der Waals surface area contributed by atoms with Crippen LogP contribution in [0.15, 0.2) is 0 Å². The highest BCUT2D eigenvalue weighted by Gasteiger charge is 2.22. The van der Waals surface area contributed by atoms with Crippen LogP contribution in [0.2, 0.25) is 0 Å². The van der Waals surface area contributed by atoms with Crippen LogP contribution in [0.1, 0.15) is 0 Å². The van der Waals surface area contributed by atoms with E-state index in [4.69, 9.17) is 21.1 Å². The lowest BCUT2D eigenvalue weighted by Gasteiger charge is -2.22. The lowest BCUT2D eigenvalue weighted by atomic mass is 10.3. The zero-order valence-corrected chi connectivity index (χ0v) is 6.17. The Morgan fingerprint density at radius 3 is 1.70 bits per heavy atom. The van der Waals surface area contributed by atoms with Crippen LogP contribution in [0.5, 0.6) is 0 Å². The topological polar surface area (TPSA) is 95.9 Å². The van der Waals surface area contributed by atoms with E-state index in [1.54, 1.807) is 0 Å². The zero-order chi connectivity index (χ0) is 7.33. The molecule has 5 N–H and O–H groups in total. The maximum absolute atomic E-state index is 8.40. The van der Waals surface area contributed by atoms with Crippen LogP contribution in [0.4, 0.5) is 0 Å². The summed E-state index contributed by atoms with van der Waals surface area (Å²) < 4.78 is 4.36. The highest BCUT2D eigenvalue weighted by atomic mass is 35.5. The molecule has 0 amide bonds. The Kier molecular flexibility index (Phi) is 7.44. The van der Waals surface area contributed by atoms with E-state index in [0.29, 0.717) is 0 Å². The van der Waals surface area contributed by atoms with E-state index in [0.717, 1.165) is 0 Å². The zero-order valence-electron chi connectivity index (χ0n) is 5.36. The molecular weight excluding hydrogens is 161 g/mol. The average molecular weight is 174 g/mol. The van der Waals surface area contributed by atoms with Gasteiger partial charge in [-0.3, -0.25) is 5.73 Å². The number of halogens is 1. The SMILES string of the molecule is Cl.NC(CO)(CO)OCO. The smallest absolute Gasteiger partial charge is 0.166 e. The summed E-state index contributed by atoms with van der Waals surface area (Å²) in [5.74, 6) is 0. The molecule has 0 rings (SSSR count). The highest BCUT2D eigenvalue weighted by molar-refractivity contribution is 5.85. The van der Waals surface area contributed by atoms with Crippen LogP contribution in [0.3, 0.4) is 0 Å². The molecule has 64 valence electrons. The Labute approximate surface area is 64.8 Å². The van der Waals surface area contributed by atoms with Gasteiger partial charge in [0.15, 0.2) is 5.72 Å². The molecule has 5 nitrogen and oxygen atoms in total. The van der Waals surface area contributed by atoms with Crippen molar-refractivity contribution in [1.82, 2.24) is 0 Å². The van der Waals surface area contributed by atoms with Crippen molar-refractivity contribution in [3.63, 3.8) is 0 Å². The molecule has 0 aliphatic carbocycles. The van der Waals surface area contributed by atoms with Crippen molar-refractivity contribution in [3.8, 4) is 0 Å². The Balaban J connectivity index is 0. The number of ether oxygens (including phenoxy) is 1. The van der Waals surface area contributed by atoms with E-state index in [9.17, 15) is 0 Å². The van der Waals surface area contributed by atoms with E-state index < -0.39 is 25.7 Å². The number of hydrogen-bond acceptors (Lipinski definition) is 5. The second-order valence-electron chi connectivity index (χ2n) is 1.65. The summed E-state index contributed by atoms with van der Waals surface area (Å²) in [4.78, 5) is 0. The Morgan fingerprint density at radius 1 is 1.20 bits per heavy atom. The van der Waals surface area contributed by atoms with E-state index in [1.165, 1.54) is 0 Å². The molecule has 0 aromatic heterocycles. The normalized spacial score (nSPS) is 10.8. The first-order valence-corrected chi connectivity index (χ1v) is 2.44. The van der Waals surface area contributed by atoms with Crippen molar-refractivity contribution in [2.24, 2.45) is 5.73 Å². The van der Waals surface area contributed by atoms with Crippen LogP contribution in [0, 0.1) is 0 Å². The maximum Gasteiger partial charge on any atom is 0.166 e. The molecule has 0 spiro atoms. The van der Waals surface area contributed by atoms with E-state index >= 15 is 0 Å². The van der Waals surface area contributed by atoms with Gasteiger partial charge in [-0.15, -0.1) is 12.4 Å². The van der Waals surface area contributed by atoms with Gasteiger partial charge < -0.3 is 20.1 Å². The minimum atomic E-state index is -1.51. The molecule has 0 fully saturated rings. The summed E-state index contributed by atoms with van der Waals surface area (Å²) >= 11 is 0. The molecule has 0 aliphatic rings. The fraction of sp³-hybridized carbons (Fsp3) is 1.00. The Morgan fingerprint density at radius 2 is 1.60 bits per heavy atom. The number of nitrogens with two attached hydrogens (primary N) is 1. The van der Waals surface area contributed by atoms with Crippen molar-refractivity contribution in [3.05, 3.63) is 0 Å². The summed E-state index contributed by atoms with van der Waals surface area (Å²) in [6, 6.07) is 0. The van der Waals surface area contributed by atoms with Gasteiger partial charge >= 0.3 is 0 Å². The standard InChI is InChI=1S/C4H11NO4.ClH/c5-4(1-6,2-7)9-3-8;/h6-8H,1-3,5H2;1H. The minimum absolute atomic E-state index is 0. The maximum atomic E-state index is 8.40. The molecule has 0 aromatic carbocycles. The molecule has 0 aromatic rings. The minimum Gasteiger partial charge on any atom is -0.392 e. The second kappa shape index (κ2) is 5.84. The van der Waals surface area contributed by atoms with Gasteiger partial charge in [0.05, 0.1) is 13.2 Å². The van der Waals surface area contributed by atoms with Gasteiger partial charge in [-0.05, 0) is 0 Å². The van der Waals surface area contributed by atoms with Gasteiger partial charge in [-0.25, -0.2) is 0 Å². The summed E-state index contributed by atoms with van der Waals surface area (Å²) in [6.45, 7) is -1.66. The first-order valence-electron chi connectivity index (χ1n) is 2.44. The third kappa shape index (κ3) is 3.99. The molecule has 0 radical (unpaired) electrons. The molecule has 10 heavy (non-hydrogen) atoms. The number of aliphatic hydroxyl groups is 3. The molecule has 0 unspecified atom stereocenters. The summed E-state index contributed by atoms with van der Waals surface area (Å²) in [5, 5.41) is 24.9. The van der Waals surface area contributed by atoms with Crippen LogP contribution in [0.25, 0.3) is 0 Å². The van der Waals surface area contributed by atoms with Gasteiger partial charge in [0, 0.05) is 0 Å². The first-order chi connectivity index (χ1) is 4.18. The van der Waals surface area contributed by atoms with Crippen LogP contribution >= 0.6 is 12.4 Å². The predicted octanol–water partition coefficient (Wildman–Crippen LogP) is -1.99. The van der Waals surface area contributed by atoms with Gasteiger partial charge in [0.1, 0.15) is 6.79 Å². The third-order valence-electron chi connectivity index (χ3n) is 0.887. The van der Waals surface area contributed by atoms with Crippen molar-refractivity contribution in [1.29, 1.82) is 0 Å². The Hall–Kier alpha value is 0.0900. The molecule has 0 aliphatic heterocycles. The van der Waals surface area contributed by atoms with Gasteiger partial charge in [0.2, 0.25) is 0 Å². The summed E-state index contributed by atoms with van der Waals surface area (Å²) in [6.07, 6.45) is 0. The molecule has 0 atom stereocenters. The largest absolute Gasteiger partial charge is 0.392 e. The second-order valence-corrected chi connectivity index (χ2v) is 1.65. The quantitative estimate of drug-likeness (QED) is 0.370. The fourth-order valence-corrected chi connectivity index (χ4v) is 0.270. The van der Waals surface area contributed by atoms with Crippen molar-refractivity contribution in [2.75, 3.05) is 20.0 Å². The number of hydrogen-bond donors (Lipinski definition) is 4. The van der Waals surface area contributed by atoms with Crippen LogP contribution in [-0.4, -0.2) is 41.1 Å². The van der Waals surface area contributed by atoms with Crippen molar-refractivity contribution >= 4 is 12.4 Å². The molecular formula is C4H12ClNO4. The lowest BCUT2D eigenvalue weighted by Crippen LogP contribution is -2.50. The van der Waals surface area contributed by atoms with Crippen molar-refractivity contribution < 1.29 is 20.1 Å². The van der Waals surface area contributed by atoms with Gasteiger partial charge in [-0.1, -0.05) is 0 Å². The summed E-state index contributed by atoms with van der Waals surface area (Å²) in [7, 11) is 0. The summed E-state index contributed by atoms with van der Waals surface area (Å²) in [5.41, 5.74) is 3.62. The van der Waals surface area contributed by atoms with Gasteiger partial charge in [-0.2, -0.15) is 0 Å². The molecule has 0 heterocycles. The van der Waals surface area contributed by atoms with Crippen molar-refractivity contribution in [2.45, 2.75) is 5.72 Å². The van der Waals surface area contributed by atoms with E-state index in [2.05, 4.69) is 4.74 Å². The number of rotatable bonds is 4. The number of aliphatic hydroxyl groups excluding tert-OH is 3. The van der Waals surface area contributed by atoms with Crippen LogP contribution in [-0.2, 0) is 4.74 Å². The van der Waals surface area contributed by atoms with Gasteiger partial charge in [0.25, 0.3) is 0 Å². The van der Waals surface area contributed by atoms with Crippen LogP contribution < -0.4 is 5.73 Å². The molecule has 0 bridgehead atoms. The first kappa shape index (κ1) is 12.7. The predicted molar refractivity (Wildman–Crippen MR) is 36.5 cm³/mol. The van der Waals surface area contributed by atoms with E-state index in [-0.39, 0.29) is 12.4 Å². The monoisotopic (exact) mass is 173 g/mol. The molecule has 6 heteroatoms. The fourth-order valence-electron chi connectivity index (χ4n) is 0.270.